The number of hydrogen-bond donors (Lipinski definition) is 1. The molecule has 2 fully saturated rings. The Hall–Kier alpha value is -2.25. The second-order valence-electron chi connectivity index (χ2n) is 7.70. The summed E-state index contributed by atoms with van der Waals surface area (Å²) in [6, 6.07) is 6.67. The molecule has 7 heteroatoms. The third-order valence-corrected chi connectivity index (χ3v) is 5.95. The van der Waals surface area contributed by atoms with Crippen LogP contribution >= 0.6 is 0 Å². The van der Waals surface area contributed by atoms with Crippen LogP contribution in [0.1, 0.15) is 24.8 Å². The predicted molar refractivity (Wildman–Crippen MR) is 101 cm³/mol. The molecule has 1 aromatic carbocycles. The van der Waals surface area contributed by atoms with Crippen LogP contribution in [0.2, 0.25) is 0 Å². The SMILES string of the molecule is CN1CCN(Cc2cnn(-c3ccccc3F)c2)C[C@@]12CCNC(=O)CC2. The van der Waals surface area contributed by atoms with Gasteiger partial charge in [0.05, 0.1) is 6.20 Å². The Bertz CT molecular complexity index is 822. The number of likely N-dealkylation sites (N-methyl/N-ethyl adjacent to an activating group) is 1. The molecule has 0 unspecified atom stereocenters. The fourth-order valence-corrected chi connectivity index (χ4v) is 4.28. The van der Waals surface area contributed by atoms with Gasteiger partial charge in [-0.1, -0.05) is 12.1 Å². The van der Waals surface area contributed by atoms with Gasteiger partial charge >= 0.3 is 0 Å². The summed E-state index contributed by atoms with van der Waals surface area (Å²) in [4.78, 5) is 16.6. The van der Waals surface area contributed by atoms with E-state index in [-0.39, 0.29) is 17.3 Å². The van der Waals surface area contributed by atoms with Gasteiger partial charge in [0.1, 0.15) is 11.5 Å². The van der Waals surface area contributed by atoms with Gasteiger partial charge in [0.25, 0.3) is 0 Å². The highest BCUT2D eigenvalue weighted by molar-refractivity contribution is 5.76. The lowest BCUT2D eigenvalue weighted by Crippen LogP contribution is -2.60. The average Bonchev–Trinajstić information content (AvgIpc) is 3.03. The summed E-state index contributed by atoms with van der Waals surface area (Å²) < 4.78 is 15.6. The van der Waals surface area contributed by atoms with Gasteiger partial charge in [0, 0.05) is 56.4 Å². The predicted octanol–water partition coefficient (Wildman–Crippen LogP) is 1.80. The number of halogens is 1. The smallest absolute Gasteiger partial charge is 0.220 e. The van der Waals surface area contributed by atoms with Crippen molar-refractivity contribution >= 4 is 5.91 Å². The second kappa shape index (κ2) is 7.40. The van der Waals surface area contributed by atoms with E-state index in [1.807, 2.05) is 18.5 Å². The van der Waals surface area contributed by atoms with Crippen LogP contribution in [-0.2, 0) is 11.3 Å². The van der Waals surface area contributed by atoms with Crippen molar-refractivity contribution in [3.8, 4) is 5.69 Å². The van der Waals surface area contributed by atoms with E-state index in [9.17, 15) is 9.18 Å². The van der Waals surface area contributed by atoms with Gasteiger partial charge in [0.15, 0.2) is 0 Å². The maximum Gasteiger partial charge on any atom is 0.220 e. The number of para-hydroxylation sites is 1. The first-order valence-electron chi connectivity index (χ1n) is 9.54. The molecule has 144 valence electrons. The number of amides is 1. The van der Waals surface area contributed by atoms with Gasteiger partial charge in [-0.3, -0.25) is 14.6 Å². The molecule has 2 aromatic rings. The van der Waals surface area contributed by atoms with E-state index >= 15 is 0 Å². The van der Waals surface area contributed by atoms with Crippen molar-refractivity contribution in [2.24, 2.45) is 0 Å². The Labute approximate surface area is 158 Å². The Morgan fingerprint density at radius 2 is 2.11 bits per heavy atom. The third kappa shape index (κ3) is 3.75. The zero-order valence-electron chi connectivity index (χ0n) is 15.7. The van der Waals surface area contributed by atoms with Crippen molar-refractivity contribution in [1.82, 2.24) is 24.9 Å². The minimum absolute atomic E-state index is 0.0406. The Morgan fingerprint density at radius 1 is 1.26 bits per heavy atom. The van der Waals surface area contributed by atoms with E-state index in [1.165, 1.54) is 6.07 Å². The fraction of sp³-hybridized carbons (Fsp3) is 0.500. The molecule has 0 aliphatic carbocycles. The standard InChI is InChI=1S/C20H26FN5O/c1-24-10-11-25(15-20(24)7-6-19(27)22-9-8-20)13-16-12-23-26(14-16)18-5-3-2-4-17(18)21/h2-5,12,14H,6-11,13,15H2,1H3,(H,22,27)/t20-/m1/s1. The Morgan fingerprint density at radius 3 is 2.96 bits per heavy atom. The summed E-state index contributed by atoms with van der Waals surface area (Å²) in [6.07, 6.45) is 6.17. The van der Waals surface area contributed by atoms with Crippen LogP contribution < -0.4 is 5.32 Å². The van der Waals surface area contributed by atoms with E-state index in [0.717, 1.165) is 51.1 Å². The van der Waals surface area contributed by atoms with E-state index in [0.29, 0.717) is 12.1 Å². The van der Waals surface area contributed by atoms with Crippen molar-refractivity contribution in [2.45, 2.75) is 31.3 Å². The molecule has 2 saturated heterocycles. The number of nitrogens with zero attached hydrogens (tertiary/aromatic N) is 4. The first kappa shape index (κ1) is 18.1. The highest BCUT2D eigenvalue weighted by atomic mass is 19.1. The van der Waals surface area contributed by atoms with Crippen LogP contribution in [0.5, 0.6) is 0 Å². The number of piperazine rings is 1. The lowest BCUT2D eigenvalue weighted by molar-refractivity contribution is -0.121. The number of carbonyl (C=O) groups excluding carboxylic acids is 1. The summed E-state index contributed by atoms with van der Waals surface area (Å²) in [5, 5.41) is 7.34. The Kier molecular flexibility index (Phi) is 4.97. The van der Waals surface area contributed by atoms with Gasteiger partial charge in [0.2, 0.25) is 5.91 Å². The highest BCUT2D eigenvalue weighted by Gasteiger charge is 2.40. The number of benzene rings is 1. The van der Waals surface area contributed by atoms with E-state index in [1.54, 1.807) is 16.8 Å². The maximum atomic E-state index is 14.0. The molecular formula is C20H26FN5O. The molecule has 1 N–H and O–H groups in total. The van der Waals surface area contributed by atoms with Gasteiger partial charge in [-0.15, -0.1) is 0 Å². The summed E-state index contributed by atoms with van der Waals surface area (Å²) in [5.41, 5.74) is 1.58. The molecule has 1 spiro atoms. The van der Waals surface area contributed by atoms with Crippen molar-refractivity contribution in [3.63, 3.8) is 0 Å². The minimum Gasteiger partial charge on any atom is -0.356 e. The van der Waals surface area contributed by atoms with Gasteiger partial charge in [-0.25, -0.2) is 9.07 Å². The second-order valence-corrected chi connectivity index (χ2v) is 7.70. The number of carbonyl (C=O) groups is 1. The van der Waals surface area contributed by atoms with E-state index in [2.05, 4.69) is 27.3 Å². The van der Waals surface area contributed by atoms with E-state index in [4.69, 9.17) is 0 Å². The molecule has 4 rings (SSSR count). The van der Waals surface area contributed by atoms with Crippen molar-refractivity contribution < 1.29 is 9.18 Å². The Balaban J connectivity index is 1.47. The zero-order valence-corrected chi connectivity index (χ0v) is 15.7. The van der Waals surface area contributed by atoms with Crippen molar-refractivity contribution in [2.75, 3.05) is 33.2 Å². The number of hydrogen-bond acceptors (Lipinski definition) is 4. The van der Waals surface area contributed by atoms with Crippen LogP contribution in [-0.4, -0.2) is 64.3 Å². The fourth-order valence-electron chi connectivity index (χ4n) is 4.28. The topological polar surface area (TPSA) is 53.4 Å². The molecule has 0 bridgehead atoms. The lowest BCUT2D eigenvalue weighted by Gasteiger charge is -2.49. The quantitative estimate of drug-likeness (QED) is 0.894. The molecule has 0 saturated carbocycles. The monoisotopic (exact) mass is 371 g/mol. The van der Waals surface area contributed by atoms with Crippen LogP contribution in [0.15, 0.2) is 36.7 Å². The maximum absolute atomic E-state index is 14.0. The molecule has 3 heterocycles. The largest absolute Gasteiger partial charge is 0.356 e. The molecule has 1 atom stereocenters. The molecule has 27 heavy (non-hydrogen) atoms. The van der Waals surface area contributed by atoms with Crippen molar-refractivity contribution in [3.05, 3.63) is 48.0 Å². The molecule has 2 aliphatic rings. The van der Waals surface area contributed by atoms with Gasteiger partial charge in [-0.05, 0) is 32.0 Å². The number of aromatic nitrogens is 2. The normalized spacial score (nSPS) is 24.7. The molecular weight excluding hydrogens is 345 g/mol. The number of rotatable bonds is 3. The summed E-state index contributed by atoms with van der Waals surface area (Å²) in [7, 11) is 2.17. The summed E-state index contributed by atoms with van der Waals surface area (Å²) in [6.45, 7) is 4.41. The first-order valence-corrected chi connectivity index (χ1v) is 9.54. The molecule has 6 nitrogen and oxygen atoms in total. The molecule has 0 radical (unpaired) electrons. The van der Waals surface area contributed by atoms with Crippen LogP contribution in [0.25, 0.3) is 5.69 Å². The molecule has 1 aromatic heterocycles. The first-order chi connectivity index (χ1) is 13.1. The van der Waals surface area contributed by atoms with Crippen LogP contribution in [0.4, 0.5) is 4.39 Å². The highest BCUT2D eigenvalue weighted by Crippen LogP contribution is 2.31. The van der Waals surface area contributed by atoms with Crippen LogP contribution in [0, 0.1) is 5.82 Å². The molecule has 2 aliphatic heterocycles. The van der Waals surface area contributed by atoms with E-state index < -0.39 is 0 Å². The zero-order chi connectivity index (χ0) is 18.9. The van der Waals surface area contributed by atoms with Crippen molar-refractivity contribution in [1.29, 1.82) is 0 Å². The van der Waals surface area contributed by atoms with Gasteiger partial charge < -0.3 is 5.32 Å². The molecule has 1 amide bonds. The van der Waals surface area contributed by atoms with Crippen LogP contribution in [0.3, 0.4) is 0 Å². The van der Waals surface area contributed by atoms with Gasteiger partial charge in [-0.2, -0.15) is 5.10 Å². The average molecular weight is 371 g/mol. The number of nitrogens with one attached hydrogen (secondary N) is 1. The summed E-state index contributed by atoms with van der Waals surface area (Å²) in [5.74, 6) is -0.120. The summed E-state index contributed by atoms with van der Waals surface area (Å²) >= 11 is 0. The minimum atomic E-state index is -0.277. The lowest BCUT2D eigenvalue weighted by atomic mass is 9.86. The third-order valence-electron chi connectivity index (χ3n) is 5.95.